The zero-order valence-corrected chi connectivity index (χ0v) is 10.4. The zero-order chi connectivity index (χ0) is 14.0. The molecule has 0 saturated heterocycles. The van der Waals surface area contributed by atoms with Crippen molar-refractivity contribution in [2.45, 2.75) is 6.92 Å². The highest BCUT2D eigenvalue weighted by molar-refractivity contribution is 6.39. The van der Waals surface area contributed by atoms with Crippen molar-refractivity contribution in [2.24, 2.45) is 0 Å². The molecule has 0 amide bonds. The molecule has 1 aromatic heterocycles. The summed E-state index contributed by atoms with van der Waals surface area (Å²) in [6.45, 7) is 1.91. The second-order valence-electron chi connectivity index (χ2n) is 3.98. The van der Waals surface area contributed by atoms with Gasteiger partial charge in [0.05, 0.1) is 18.9 Å². The minimum atomic E-state index is -1.52. The Morgan fingerprint density at radius 3 is 2.74 bits per heavy atom. The topological polar surface area (TPSA) is 92.3 Å². The summed E-state index contributed by atoms with van der Waals surface area (Å²) in [5.74, 6) is -1.56. The van der Waals surface area contributed by atoms with Gasteiger partial charge in [0.2, 0.25) is 0 Å². The van der Waals surface area contributed by atoms with Crippen LogP contribution in [0.15, 0.2) is 24.4 Å². The Hall–Kier alpha value is -2.63. The molecule has 98 valence electrons. The Labute approximate surface area is 109 Å². The first-order chi connectivity index (χ1) is 9.02. The fourth-order valence-electron chi connectivity index (χ4n) is 1.70. The normalized spacial score (nSPS) is 10.2. The second-order valence-corrected chi connectivity index (χ2v) is 3.98. The van der Waals surface area contributed by atoms with Gasteiger partial charge < -0.3 is 14.8 Å². The van der Waals surface area contributed by atoms with Gasteiger partial charge in [0.25, 0.3) is 5.78 Å². The fraction of sp³-hybridized carbons (Fsp3) is 0.154. The number of carboxylic acid groups (broad SMARTS) is 1. The van der Waals surface area contributed by atoms with Gasteiger partial charge in [-0.05, 0) is 19.1 Å². The lowest BCUT2D eigenvalue weighted by atomic mass is 10.1. The van der Waals surface area contributed by atoms with E-state index in [1.807, 2.05) is 19.1 Å². The van der Waals surface area contributed by atoms with Gasteiger partial charge in [0, 0.05) is 0 Å². The maximum absolute atomic E-state index is 11.3. The van der Waals surface area contributed by atoms with E-state index in [-0.39, 0.29) is 5.69 Å². The molecule has 2 aromatic rings. The minimum absolute atomic E-state index is 0.0638. The number of ketones is 1. The summed E-state index contributed by atoms with van der Waals surface area (Å²) >= 11 is 0. The highest BCUT2D eigenvalue weighted by Crippen LogP contribution is 2.28. The van der Waals surface area contributed by atoms with Crippen LogP contribution in [0.4, 0.5) is 0 Å². The number of methoxy groups -OCH3 is 1. The highest BCUT2D eigenvalue weighted by Gasteiger charge is 2.18. The first-order valence-electron chi connectivity index (χ1n) is 5.50. The van der Waals surface area contributed by atoms with Crippen molar-refractivity contribution >= 4 is 11.8 Å². The third-order valence-corrected chi connectivity index (χ3v) is 2.62. The van der Waals surface area contributed by atoms with Crippen molar-refractivity contribution in [1.82, 2.24) is 9.97 Å². The van der Waals surface area contributed by atoms with Crippen molar-refractivity contribution in [2.75, 3.05) is 7.11 Å². The largest absolute Gasteiger partial charge is 0.496 e. The lowest BCUT2D eigenvalue weighted by Crippen LogP contribution is -2.12. The summed E-state index contributed by atoms with van der Waals surface area (Å²) in [5, 5.41) is 8.64. The number of nitrogens with one attached hydrogen (secondary N) is 1. The van der Waals surface area contributed by atoms with Gasteiger partial charge in [0.1, 0.15) is 17.3 Å². The number of H-pyrrole nitrogens is 1. The van der Waals surface area contributed by atoms with Crippen LogP contribution in [0.3, 0.4) is 0 Å². The van der Waals surface area contributed by atoms with Crippen LogP contribution in [0.2, 0.25) is 0 Å². The third-order valence-electron chi connectivity index (χ3n) is 2.62. The quantitative estimate of drug-likeness (QED) is 0.644. The maximum atomic E-state index is 11.3. The Bertz CT molecular complexity index is 646. The number of carbonyl (C=O) groups is 2. The standard InChI is InChI=1S/C13H12N2O4/c1-7-3-4-10(19-2)8(5-7)12-14-6-9(15-12)11(16)13(17)18/h3-6H,1-2H3,(H,14,15)(H,17,18). The molecule has 1 heterocycles. The van der Waals surface area contributed by atoms with Crippen molar-refractivity contribution < 1.29 is 19.4 Å². The van der Waals surface area contributed by atoms with Crippen LogP contribution in [0.1, 0.15) is 16.1 Å². The second kappa shape index (κ2) is 4.93. The van der Waals surface area contributed by atoms with Gasteiger partial charge in [-0.25, -0.2) is 9.78 Å². The molecule has 2 rings (SSSR count). The van der Waals surface area contributed by atoms with Crippen LogP contribution < -0.4 is 4.74 Å². The van der Waals surface area contributed by atoms with E-state index in [1.54, 1.807) is 6.07 Å². The molecule has 6 nitrogen and oxygen atoms in total. The number of ether oxygens (including phenoxy) is 1. The third kappa shape index (κ3) is 2.47. The molecule has 0 atom stereocenters. The number of benzene rings is 1. The zero-order valence-electron chi connectivity index (χ0n) is 10.4. The number of nitrogens with zero attached hydrogens (tertiary/aromatic N) is 1. The molecule has 0 saturated carbocycles. The average molecular weight is 260 g/mol. The van der Waals surface area contributed by atoms with E-state index in [4.69, 9.17) is 9.84 Å². The van der Waals surface area contributed by atoms with Gasteiger partial charge in [0.15, 0.2) is 0 Å². The van der Waals surface area contributed by atoms with Crippen LogP contribution >= 0.6 is 0 Å². The first kappa shape index (κ1) is 12.8. The van der Waals surface area contributed by atoms with Crippen molar-refractivity contribution in [3.05, 3.63) is 35.7 Å². The lowest BCUT2D eigenvalue weighted by molar-refractivity contribution is -0.131. The van der Waals surface area contributed by atoms with E-state index in [0.29, 0.717) is 17.1 Å². The van der Waals surface area contributed by atoms with E-state index in [2.05, 4.69) is 9.97 Å². The first-order valence-corrected chi connectivity index (χ1v) is 5.50. The van der Waals surface area contributed by atoms with Crippen LogP contribution in [-0.4, -0.2) is 33.9 Å². The fourth-order valence-corrected chi connectivity index (χ4v) is 1.70. The van der Waals surface area contributed by atoms with Crippen LogP contribution in [0.5, 0.6) is 5.75 Å². The molecule has 0 aliphatic heterocycles. The monoisotopic (exact) mass is 260 g/mol. The average Bonchev–Trinajstić information content (AvgIpc) is 2.87. The number of imidazole rings is 1. The number of rotatable bonds is 4. The number of aromatic amines is 1. The van der Waals surface area contributed by atoms with E-state index >= 15 is 0 Å². The Kier molecular flexibility index (Phi) is 3.33. The summed E-state index contributed by atoms with van der Waals surface area (Å²) in [5.41, 5.74) is 1.61. The smallest absolute Gasteiger partial charge is 0.378 e. The SMILES string of the molecule is COc1ccc(C)cc1-c1ncc(C(=O)C(=O)O)[nH]1. The number of hydrogen-bond acceptors (Lipinski definition) is 4. The molecule has 0 fully saturated rings. The van der Waals surface area contributed by atoms with Crippen molar-refractivity contribution in [3.63, 3.8) is 0 Å². The number of Topliss-reactive ketones (excluding diaryl/α,β-unsaturated/α-hetero) is 1. The van der Waals surface area contributed by atoms with Gasteiger partial charge >= 0.3 is 5.97 Å². The summed E-state index contributed by atoms with van der Waals surface area (Å²) in [7, 11) is 1.53. The van der Waals surface area contributed by atoms with Crippen molar-refractivity contribution in [3.8, 4) is 17.1 Å². The molecule has 0 aliphatic rings. The Morgan fingerprint density at radius 2 is 2.11 bits per heavy atom. The van der Waals surface area contributed by atoms with Gasteiger partial charge in [-0.3, -0.25) is 4.79 Å². The summed E-state index contributed by atoms with van der Waals surface area (Å²) in [6, 6.07) is 5.51. The molecule has 2 N–H and O–H groups in total. The molecule has 0 unspecified atom stereocenters. The van der Waals surface area contributed by atoms with E-state index < -0.39 is 11.8 Å². The molecule has 19 heavy (non-hydrogen) atoms. The number of aryl methyl sites for hydroxylation is 1. The van der Waals surface area contributed by atoms with Crippen molar-refractivity contribution in [1.29, 1.82) is 0 Å². The maximum Gasteiger partial charge on any atom is 0.378 e. The van der Waals surface area contributed by atoms with Crippen LogP contribution in [0, 0.1) is 6.92 Å². The molecule has 0 bridgehead atoms. The van der Waals surface area contributed by atoms with E-state index in [1.165, 1.54) is 13.3 Å². The highest BCUT2D eigenvalue weighted by atomic mass is 16.5. The number of aliphatic carboxylic acids is 1. The molecule has 0 aliphatic carbocycles. The summed E-state index contributed by atoms with van der Waals surface area (Å²) in [4.78, 5) is 28.6. The number of hydrogen-bond donors (Lipinski definition) is 2. The number of carbonyl (C=O) groups excluding carboxylic acids is 1. The molecule has 0 spiro atoms. The Balaban J connectivity index is 2.46. The summed E-state index contributed by atoms with van der Waals surface area (Å²) < 4.78 is 5.21. The molecular formula is C13H12N2O4. The van der Waals surface area contributed by atoms with Gasteiger partial charge in [-0.2, -0.15) is 0 Å². The molecule has 1 aromatic carbocycles. The molecular weight excluding hydrogens is 248 g/mol. The van der Waals surface area contributed by atoms with E-state index in [9.17, 15) is 9.59 Å². The summed E-state index contributed by atoms with van der Waals surface area (Å²) in [6.07, 6.45) is 1.20. The van der Waals surface area contributed by atoms with Crippen LogP contribution in [-0.2, 0) is 4.79 Å². The van der Waals surface area contributed by atoms with E-state index in [0.717, 1.165) is 5.56 Å². The molecule has 0 radical (unpaired) electrons. The van der Waals surface area contributed by atoms with Crippen LogP contribution in [0.25, 0.3) is 11.4 Å². The predicted molar refractivity (Wildman–Crippen MR) is 67.3 cm³/mol. The van der Waals surface area contributed by atoms with Gasteiger partial charge in [-0.1, -0.05) is 11.6 Å². The lowest BCUT2D eigenvalue weighted by Gasteiger charge is -2.06. The Morgan fingerprint density at radius 1 is 1.37 bits per heavy atom. The number of carboxylic acids is 1. The van der Waals surface area contributed by atoms with Gasteiger partial charge in [-0.15, -0.1) is 0 Å². The minimum Gasteiger partial charge on any atom is -0.496 e. The molecule has 6 heteroatoms. The predicted octanol–water partition coefficient (Wildman–Crippen LogP) is 1.66. The number of aromatic nitrogens is 2.